The Bertz CT molecular complexity index is 1280. The monoisotopic (exact) mass is 464 g/mol. The van der Waals surface area contributed by atoms with Crippen LogP contribution in [0, 0.1) is 0 Å². The molecule has 2 N–H and O–H groups in total. The number of carboxylic acids is 1. The summed E-state index contributed by atoms with van der Waals surface area (Å²) in [5.41, 5.74) is 4.49. The van der Waals surface area contributed by atoms with Crippen LogP contribution in [0.1, 0.15) is 33.4 Å². The molecule has 0 saturated carbocycles. The van der Waals surface area contributed by atoms with E-state index in [0.717, 1.165) is 22.3 Å². The average molecular weight is 465 g/mol. The quantitative estimate of drug-likeness (QED) is 0.296. The van der Waals surface area contributed by atoms with Crippen molar-refractivity contribution in [3.63, 3.8) is 0 Å². The van der Waals surface area contributed by atoms with Gasteiger partial charge in [-0.3, -0.25) is 15.0 Å². The zero-order chi connectivity index (χ0) is 22.8. The second kappa shape index (κ2) is 8.81. The van der Waals surface area contributed by atoms with Crippen LogP contribution in [-0.2, 0) is 4.79 Å². The summed E-state index contributed by atoms with van der Waals surface area (Å²) in [5, 5.41) is 10.5. The standard InChI is InChI=1S/C23H16N2O5S2/c1-13(26)14-6-8-15(9-7-14)19-11-10-16(30-19)12-20-21(27)25(23(31)32-20)24-18-5-3-2-4-17(18)22(28)29/h2-12,24H,1H3,(H,28,29)/b20-12+. The maximum Gasteiger partial charge on any atom is 0.337 e. The van der Waals surface area contributed by atoms with Gasteiger partial charge in [-0.25, -0.2) is 9.80 Å². The van der Waals surface area contributed by atoms with E-state index in [1.165, 1.54) is 13.0 Å². The van der Waals surface area contributed by atoms with Gasteiger partial charge >= 0.3 is 5.97 Å². The molecule has 0 atom stereocenters. The normalized spacial score (nSPS) is 14.8. The number of Topliss-reactive ketones (excluding diaryl/α,β-unsaturated/α-hetero) is 1. The van der Waals surface area contributed by atoms with Gasteiger partial charge in [0.2, 0.25) is 0 Å². The van der Waals surface area contributed by atoms with E-state index in [-0.39, 0.29) is 21.4 Å². The molecule has 2 aromatic carbocycles. The highest BCUT2D eigenvalue weighted by molar-refractivity contribution is 8.26. The summed E-state index contributed by atoms with van der Waals surface area (Å²) < 4.78 is 6.08. The molecule has 1 fully saturated rings. The van der Waals surface area contributed by atoms with Gasteiger partial charge in [-0.1, -0.05) is 48.2 Å². The summed E-state index contributed by atoms with van der Waals surface area (Å²) in [6, 6.07) is 16.8. The number of nitrogens with one attached hydrogen (secondary N) is 1. The van der Waals surface area contributed by atoms with Crippen molar-refractivity contribution in [3.05, 3.63) is 82.5 Å². The van der Waals surface area contributed by atoms with E-state index in [9.17, 15) is 19.5 Å². The molecule has 1 saturated heterocycles. The number of carboxylic acid groups (broad SMARTS) is 1. The molecule has 0 unspecified atom stereocenters. The molecule has 160 valence electrons. The third-order valence-corrected chi connectivity index (χ3v) is 5.96. The lowest BCUT2D eigenvalue weighted by Gasteiger charge is -2.18. The average Bonchev–Trinajstić information content (AvgIpc) is 3.34. The highest BCUT2D eigenvalue weighted by Gasteiger charge is 2.33. The molecule has 3 aromatic rings. The number of hydrogen-bond donors (Lipinski definition) is 2. The second-order valence-corrected chi connectivity index (χ2v) is 8.49. The van der Waals surface area contributed by atoms with Crippen LogP contribution < -0.4 is 5.43 Å². The number of carbonyl (C=O) groups is 3. The number of furan rings is 1. The third kappa shape index (κ3) is 4.34. The summed E-state index contributed by atoms with van der Waals surface area (Å²) in [4.78, 5) is 36.0. The first-order valence-corrected chi connectivity index (χ1v) is 10.6. The Labute approximate surface area is 192 Å². The van der Waals surface area contributed by atoms with Crippen molar-refractivity contribution < 1.29 is 23.9 Å². The molecule has 0 bridgehead atoms. The van der Waals surface area contributed by atoms with Gasteiger partial charge in [-0.05, 0) is 43.4 Å². The summed E-state index contributed by atoms with van der Waals surface area (Å²) in [6.45, 7) is 1.51. The SMILES string of the molecule is CC(=O)c1ccc(-c2ccc(/C=C3/SC(=S)N(Nc4ccccc4C(=O)O)C3=O)o2)cc1. The molecule has 1 aliphatic heterocycles. The fourth-order valence-electron chi connectivity index (χ4n) is 3.04. The Morgan fingerprint density at radius 2 is 1.81 bits per heavy atom. The number of ketones is 1. The molecule has 7 nitrogen and oxygen atoms in total. The molecule has 0 spiro atoms. The van der Waals surface area contributed by atoms with Gasteiger partial charge in [-0.2, -0.15) is 0 Å². The molecule has 32 heavy (non-hydrogen) atoms. The minimum absolute atomic E-state index is 0.0155. The van der Waals surface area contributed by atoms with Crippen LogP contribution in [0.4, 0.5) is 5.69 Å². The predicted octanol–water partition coefficient (Wildman–Crippen LogP) is 5.08. The van der Waals surface area contributed by atoms with E-state index in [0.29, 0.717) is 22.0 Å². The number of hydrazine groups is 1. The van der Waals surface area contributed by atoms with E-state index < -0.39 is 11.9 Å². The summed E-state index contributed by atoms with van der Waals surface area (Å²) in [6.07, 6.45) is 1.58. The molecule has 1 aromatic heterocycles. The van der Waals surface area contributed by atoms with Crippen molar-refractivity contribution in [2.75, 3.05) is 5.43 Å². The minimum atomic E-state index is -1.12. The molecule has 0 radical (unpaired) electrons. The van der Waals surface area contributed by atoms with Crippen molar-refractivity contribution in [2.45, 2.75) is 6.92 Å². The maximum absolute atomic E-state index is 12.8. The Balaban J connectivity index is 1.54. The van der Waals surface area contributed by atoms with E-state index >= 15 is 0 Å². The number of aromatic carboxylic acids is 1. The number of hydrogen-bond acceptors (Lipinski definition) is 7. The summed E-state index contributed by atoms with van der Waals surface area (Å²) in [7, 11) is 0. The van der Waals surface area contributed by atoms with Crippen molar-refractivity contribution in [2.24, 2.45) is 0 Å². The Kier molecular flexibility index (Phi) is 5.93. The second-order valence-electron chi connectivity index (χ2n) is 6.82. The van der Waals surface area contributed by atoms with Gasteiger partial charge in [-0.15, -0.1) is 0 Å². The lowest BCUT2D eigenvalue weighted by atomic mass is 10.1. The first-order chi connectivity index (χ1) is 15.3. The molecular weight excluding hydrogens is 448 g/mol. The predicted molar refractivity (Wildman–Crippen MR) is 126 cm³/mol. The number of thiocarbonyl (C=S) groups is 1. The van der Waals surface area contributed by atoms with Gasteiger partial charge in [0.25, 0.3) is 5.91 Å². The van der Waals surface area contributed by atoms with Crippen molar-refractivity contribution in [1.29, 1.82) is 0 Å². The zero-order valence-electron chi connectivity index (χ0n) is 16.7. The van der Waals surface area contributed by atoms with E-state index in [1.54, 1.807) is 60.7 Å². The Morgan fingerprint density at radius 3 is 2.50 bits per heavy atom. The number of anilines is 1. The molecule has 2 heterocycles. The molecule has 0 aliphatic carbocycles. The molecule has 1 aliphatic rings. The van der Waals surface area contributed by atoms with Crippen molar-refractivity contribution >= 4 is 57.7 Å². The van der Waals surface area contributed by atoms with E-state index in [4.69, 9.17) is 16.6 Å². The molecule has 1 amide bonds. The smallest absolute Gasteiger partial charge is 0.337 e. The Morgan fingerprint density at radius 1 is 1.09 bits per heavy atom. The maximum atomic E-state index is 12.8. The van der Waals surface area contributed by atoms with E-state index in [2.05, 4.69) is 5.43 Å². The number of amides is 1. The number of rotatable bonds is 6. The zero-order valence-corrected chi connectivity index (χ0v) is 18.3. The first kappa shape index (κ1) is 21.5. The topological polar surface area (TPSA) is 99.9 Å². The molecule has 9 heteroatoms. The number of para-hydroxylation sites is 1. The van der Waals surface area contributed by atoms with Crippen LogP contribution >= 0.6 is 24.0 Å². The molecule has 4 rings (SSSR count). The van der Waals surface area contributed by atoms with Crippen molar-refractivity contribution in [3.8, 4) is 11.3 Å². The minimum Gasteiger partial charge on any atom is -0.478 e. The lowest BCUT2D eigenvalue weighted by molar-refractivity contribution is -0.121. The van der Waals surface area contributed by atoms with Crippen LogP contribution in [0.2, 0.25) is 0 Å². The van der Waals surface area contributed by atoms with Crippen LogP contribution in [-0.4, -0.2) is 32.1 Å². The first-order valence-electron chi connectivity index (χ1n) is 9.41. The third-order valence-electron chi connectivity index (χ3n) is 4.66. The molecular formula is C23H16N2O5S2. The summed E-state index contributed by atoms with van der Waals surface area (Å²) in [5.74, 6) is -0.492. The van der Waals surface area contributed by atoms with E-state index in [1.807, 2.05) is 0 Å². The Hall–Kier alpha value is -3.69. The van der Waals surface area contributed by atoms with Crippen molar-refractivity contribution in [1.82, 2.24) is 5.01 Å². The highest BCUT2D eigenvalue weighted by atomic mass is 32.2. The van der Waals surface area contributed by atoms with Gasteiger partial charge in [0, 0.05) is 17.2 Å². The van der Waals surface area contributed by atoms with Crippen LogP contribution in [0.15, 0.2) is 70.0 Å². The van der Waals surface area contributed by atoms with Gasteiger partial charge in [0.15, 0.2) is 10.1 Å². The number of carbonyl (C=O) groups excluding carboxylic acids is 2. The fraction of sp³-hybridized carbons (Fsp3) is 0.0435. The van der Waals surface area contributed by atoms with Crippen LogP contribution in [0.3, 0.4) is 0 Å². The van der Waals surface area contributed by atoms with Crippen LogP contribution in [0.5, 0.6) is 0 Å². The highest BCUT2D eigenvalue weighted by Crippen LogP contribution is 2.34. The fourth-order valence-corrected chi connectivity index (χ4v) is 4.20. The van der Waals surface area contributed by atoms with Gasteiger partial charge in [0.05, 0.1) is 16.2 Å². The van der Waals surface area contributed by atoms with Gasteiger partial charge < -0.3 is 9.52 Å². The number of benzene rings is 2. The lowest BCUT2D eigenvalue weighted by Crippen LogP contribution is -2.34. The largest absolute Gasteiger partial charge is 0.478 e. The van der Waals surface area contributed by atoms with Gasteiger partial charge in [0.1, 0.15) is 11.5 Å². The number of nitrogens with zero attached hydrogens (tertiary/aromatic N) is 1. The van der Waals surface area contributed by atoms with Crippen LogP contribution in [0.25, 0.3) is 17.4 Å². The summed E-state index contributed by atoms with van der Waals surface area (Å²) >= 11 is 6.37. The number of thioether (sulfide) groups is 1.